The third-order valence-corrected chi connectivity index (χ3v) is 4.18. The van der Waals surface area contributed by atoms with Gasteiger partial charge in [-0.25, -0.2) is 0 Å². The number of carbonyl (C=O) groups excluding carboxylic acids is 1. The first-order valence-corrected chi connectivity index (χ1v) is 6.38. The van der Waals surface area contributed by atoms with E-state index in [9.17, 15) is 4.79 Å². The minimum absolute atomic E-state index is 0.323. The third-order valence-electron chi connectivity index (χ3n) is 4.18. The molecular formula is C13H22O2. The molecule has 0 aromatic heterocycles. The van der Waals surface area contributed by atoms with Crippen LogP contribution in [0.3, 0.4) is 0 Å². The molecule has 15 heavy (non-hydrogen) atoms. The van der Waals surface area contributed by atoms with Crippen LogP contribution in [0, 0.1) is 11.8 Å². The van der Waals surface area contributed by atoms with E-state index in [2.05, 4.69) is 0 Å². The maximum atomic E-state index is 11.9. The Hall–Kier alpha value is -0.370. The number of methoxy groups -OCH3 is 1. The average molecular weight is 210 g/mol. The maximum Gasteiger partial charge on any atom is 0.136 e. The monoisotopic (exact) mass is 210 g/mol. The normalized spacial score (nSPS) is 37.9. The van der Waals surface area contributed by atoms with Crippen LogP contribution in [-0.4, -0.2) is 19.0 Å². The summed E-state index contributed by atoms with van der Waals surface area (Å²) >= 11 is 0. The van der Waals surface area contributed by atoms with E-state index in [0.717, 1.165) is 25.7 Å². The molecule has 2 saturated carbocycles. The van der Waals surface area contributed by atoms with Gasteiger partial charge < -0.3 is 4.74 Å². The maximum absolute atomic E-state index is 11.9. The molecule has 2 nitrogen and oxygen atoms in total. The van der Waals surface area contributed by atoms with Crippen molar-refractivity contribution in [2.45, 2.75) is 57.5 Å². The number of ketones is 1. The molecule has 0 aliphatic heterocycles. The van der Waals surface area contributed by atoms with Gasteiger partial charge in [0.1, 0.15) is 5.78 Å². The van der Waals surface area contributed by atoms with Crippen molar-refractivity contribution >= 4 is 5.78 Å². The highest BCUT2D eigenvalue weighted by atomic mass is 16.5. The first kappa shape index (κ1) is 11.1. The van der Waals surface area contributed by atoms with Crippen LogP contribution in [0.5, 0.6) is 0 Å². The van der Waals surface area contributed by atoms with Gasteiger partial charge in [0.05, 0.1) is 6.10 Å². The zero-order valence-corrected chi connectivity index (χ0v) is 9.71. The van der Waals surface area contributed by atoms with Gasteiger partial charge in [-0.05, 0) is 31.6 Å². The van der Waals surface area contributed by atoms with Gasteiger partial charge in [0, 0.05) is 19.4 Å². The van der Waals surface area contributed by atoms with Crippen molar-refractivity contribution in [3.8, 4) is 0 Å². The lowest BCUT2D eigenvalue weighted by atomic mass is 9.71. The van der Waals surface area contributed by atoms with Crippen LogP contribution in [0.25, 0.3) is 0 Å². The van der Waals surface area contributed by atoms with Crippen LogP contribution < -0.4 is 0 Å². The van der Waals surface area contributed by atoms with Gasteiger partial charge in [-0.2, -0.15) is 0 Å². The summed E-state index contributed by atoms with van der Waals surface area (Å²) in [6.45, 7) is 0. The van der Waals surface area contributed by atoms with E-state index in [4.69, 9.17) is 4.74 Å². The molecule has 2 heteroatoms. The molecule has 2 rings (SSSR count). The standard InChI is InChI=1S/C13H22O2/c1-15-13-9-5-3-7-11(13)10-6-2-4-8-12(10)14/h10-11,13H,2-9H2,1H3/t10-,11-,13-/m0/s1. The highest BCUT2D eigenvalue weighted by Gasteiger charge is 2.36. The van der Waals surface area contributed by atoms with Gasteiger partial charge in [0.15, 0.2) is 0 Å². The van der Waals surface area contributed by atoms with Crippen molar-refractivity contribution in [1.29, 1.82) is 0 Å². The number of carbonyl (C=O) groups is 1. The summed E-state index contributed by atoms with van der Waals surface area (Å²) in [5, 5.41) is 0. The lowest BCUT2D eigenvalue weighted by Crippen LogP contribution is -2.37. The third kappa shape index (κ3) is 2.41. The molecule has 0 heterocycles. The molecule has 3 atom stereocenters. The summed E-state index contributed by atoms with van der Waals surface area (Å²) in [5.41, 5.74) is 0. The number of hydrogen-bond acceptors (Lipinski definition) is 2. The van der Waals surface area contributed by atoms with Crippen molar-refractivity contribution in [1.82, 2.24) is 0 Å². The Labute approximate surface area is 92.4 Å². The summed E-state index contributed by atoms with van der Waals surface area (Å²) < 4.78 is 5.55. The fraction of sp³-hybridized carbons (Fsp3) is 0.923. The van der Waals surface area contributed by atoms with Gasteiger partial charge in [0.25, 0.3) is 0 Å². The smallest absolute Gasteiger partial charge is 0.136 e. The molecule has 0 radical (unpaired) electrons. The summed E-state index contributed by atoms with van der Waals surface area (Å²) in [6.07, 6.45) is 9.56. The highest BCUT2D eigenvalue weighted by Crippen LogP contribution is 2.37. The molecule has 0 unspecified atom stereocenters. The largest absolute Gasteiger partial charge is 0.381 e. The SMILES string of the molecule is CO[C@H]1CCCC[C@H]1[C@@H]1CCCCC1=O. The van der Waals surface area contributed by atoms with Crippen molar-refractivity contribution in [2.24, 2.45) is 11.8 Å². The predicted octanol–water partition coefficient (Wildman–Crippen LogP) is 2.95. The molecular weight excluding hydrogens is 188 g/mol. The lowest BCUT2D eigenvalue weighted by molar-refractivity contribution is -0.130. The minimum Gasteiger partial charge on any atom is -0.381 e. The van der Waals surface area contributed by atoms with E-state index in [-0.39, 0.29) is 0 Å². The predicted molar refractivity (Wildman–Crippen MR) is 59.7 cm³/mol. The van der Waals surface area contributed by atoms with Crippen LogP contribution in [-0.2, 0) is 9.53 Å². The Morgan fingerprint density at radius 2 is 1.80 bits per heavy atom. The highest BCUT2D eigenvalue weighted by molar-refractivity contribution is 5.82. The van der Waals surface area contributed by atoms with E-state index in [1.807, 2.05) is 0 Å². The summed E-state index contributed by atoms with van der Waals surface area (Å²) in [7, 11) is 1.80. The van der Waals surface area contributed by atoms with E-state index in [0.29, 0.717) is 23.7 Å². The first-order valence-electron chi connectivity index (χ1n) is 6.38. The van der Waals surface area contributed by atoms with Crippen LogP contribution >= 0.6 is 0 Å². The van der Waals surface area contributed by atoms with Gasteiger partial charge in [0.2, 0.25) is 0 Å². The number of rotatable bonds is 2. The summed E-state index contributed by atoms with van der Waals surface area (Å²) in [4.78, 5) is 11.9. The minimum atomic E-state index is 0.323. The van der Waals surface area contributed by atoms with E-state index in [1.165, 1.54) is 25.7 Å². The van der Waals surface area contributed by atoms with Crippen molar-refractivity contribution in [3.63, 3.8) is 0 Å². The molecule has 0 bridgehead atoms. The van der Waals surface area contributed by atoms with Gasteiger partial charge in [-0.15, -0.1) is 0 Å². The molecule has 0 N–H and O–H groups in total. The quantitative estimate of drug-likeness (QED) is 0.700. The van der Waals surface area contributed by atoms with Crippen molar-refractivity contribution in [2.75, 3.05) is 7.11 Å². The Bertz CT molecular complexity index is 225. The molecule has 86 valence electrons. The second-order valence-corrected chi connectivity index (χ2v) is 5.04. The fourth-order valence-corrected chi connectivity index (χ4v) is 3.34. The molecule has 0 saturated heterocycles. The lowest BCUT2D eigenvalue weighted by Gasteiger charge is -2.37. The topological polar surface area (TPSA) is 26.3 Å². The Morgan fingerprint density at radius 1 is 1.07 bits per heavy atom. The summed E-state index contributed by atoms with van der Waals surface area (Å²) in [6, 6.07) is 0. The molecule has 0 amide bonds. The van der Waals surface area contributed by atoms with Gasteiger partial charge in [-0.3, -0.25) is 4.79 Å². The van der Waals surface area contributed by atoms with Crippen LogP contribution in [0.4, 0.5) is 0 Å². The zero-order chi connectivity index (χ0) is 10.7. The number of ether oxygens (including phenoxy) is 1. The average Bonchev–Trinajstić information content (AvgIpc) is 2.30. The fourth-order valence-electron chi connectivity index (χ4n) is 3.34. The Morgan fingerprint density at radius 3 is 2.53 bits per heavy atom. The molecule has 2 fully saturated rings. The molecule has 0 aromatic carbocycles. The van der Waals surface area contributed by atoms with Crippen LogP contribution in [0.2, 0.25) is 0 Å². The molecule has 0 spiro atoms. The zero-order valence-electron chi connectivity index (χ0n) is 9.71. The van der Waals surface area contributed by atoms with Crippen LogP contribution in [0.15, 0.2) is 0 Å². The Kier molecular flexibility index (Phi) is 3.79. The summed E-state index contributed by atoms with van der Waals surface area (Å²) in [5.74, 6) is 1.36. The van der Waals surface area contributed by atoms with Crippen molar-refractivity contribution in [3.05, 3.63) is 0 Å². The van der Waals surface area contributed by atoms with Crippen LogP contribution in [0.1, 0.15) is 51.4 Å². The van der Waals surface area contributed by atoms with Crippen molar-refractivity contribution < 1.29 is 9.53 Å². The van der Waals surface area contributed by atoms with E-state index >= 15 is 0 Å². The second kappa shape index (κ2) is 5.11. The van der Waals surface area contributed by atoms with E-state index < -0.39 is 0 Å². The van der Waals surface area contributed by atoms with E-state index in [1.54, 1.807) is 7.11 Å². The molecule has 2 aliphatic carbocycles. The van der Waals surface area contributed by atoms with Gasteiger partial charge in [-0.1, -0.05) is 19.3 Å². The van der Waals surface area contributed by atoms with Gasteiger partial charge >= 0.3 is 0 Å². The molecule has 2 aliphatic rings. The second-order valence-electron chi connectivity index (χ2n) is 5.04. The Balaban J connectivity index is 2.02. The number of Topliss-reactive ketones (excluding diaryl/α,β-unsaturated/α-hetero) is 1. The number of hydrogen-bond donors (Lipinski definition) is 0. The molecule has 0 aromatic rings. The first-order chi connectivity index (χ1) is 7.33.